The van der Waals surface area contributed by atoms with Gasteiger partial charge in [0.2, 0.25) is 0 Å². The molecule has 3 N–H and O–H groups in total. The predicted molar refractivity (Wildman–Crippen MR) is 81.9 cm³/mol. The van der Waals surface area contributed by atoms with Gasteiger partial charge in [0.25, 0.3) is 0 Å². The fourth-order valence-corrected chi connectivity index (χ4v) is 3.24. The minimum atomic E-state index is 0.440. The minimum Gasteiger partial charge on any atom is -0.271 e. The van der Waals surface area contributed by atoms with Crippen molar-refractivity contribution in [1.29, 1.82) is 0 Å². The summed E-state index contributed by atoms with van der Waals surface area (Å²) >= 11 is 1.93. The highest BCUT2D eigenvalue weighted by Crippen LogP contribution is 2.20. The van der Waals surface area contributed by atoms with Gasteiger partial charge in [-0.15, -0.1) is 11.3 Å². The first-order valence-corrected chi connectivity index (χ1v) is 8.15. The Hall–Kier alpha value is -0.380. The Balaban J connectivity index is 2.24. The molecule has 0 aliphatic rings. The Labute approximate surface area is 116 Å². The summed E-state index contributed by atoms with van der Waals surface area (Å²) in [7, 11) is 0. The summed E-state index contributed by atoms with van der Waals surface area (Å²) in [5.74, 6) is 5.66. The van der Waals surface area contributed by atoms with E-state index in [-0.39, 0.29) is 0 Å². The standard InChI is InChI=1S/C15H28N2S/c1-3-5-6-7-8-9-13(17-16)12-15-11-10-14(4-2)18-15/h10-11,13,17H,3-9,12,16H2,1-2H3. The van der Waals surface area contributed by atoms with Crippen molar-refractivity contribution < 1.29 is 0 Å². The highest BCUT2D eigenvalue weighted by Gasteiger charge is 2.09. The van der Waals surface area contributed by atoms with Crippen molar-refractivity contribution >= 4 is 11.3 Å². The van der Waals surface area contributed by atoms with Crippen molar-refractivity contribution in [3.8, 4) is 0 Å². The lowest BCUT2D eigenvalue weighted by atomic mass is 10.0. The molecular weight excluding hydrogens is 240 g/mol. The van der Waals surface area contributed by atoms with E-state index in [9.17, 15) is 0 Å². The lowest BCUT2D eigenvalue weighted by Crippen LogP contribution is -2.36. The van der Waals surface area contributed by atoms with E-state index in [0.29, 0.717) is 6.04 Å². The molecule has 0 spiro atoms. The lowest BCUT2D eigenvalue weighted by molar-refractivity contribution is 0.463. The summed E-state index contributed by atoms with van der Waals surface area (Å²) in [6.07, 6.45) is 10.1. The normalized spacial score (nSPS) is 12.8. The molecule has 0 aliphatic carbocycles. The van der Waals surface area contributed by atoms with Crippen LogP contribution in [0, 0.1) is 0 Å². The van der Waals surface area contributed by atoms with Crippen LogP contribution in [0.5, 0.6) is 0 Å². The molecule has 0 fully saturated rings. The Kier molecular flexibility index (Phi) is 8.31. The van der Waals surface area contributed by atoms with Gasteiger partial charge in [-0.05, 0) is 31.4 Å². The van der Waals surface area contributed by atoms with Gasteiger partial charge in [0.15, 0.2) is 0 Å². The second-order valence-corrected chi connectivity index (χ2v) is 6.25. The summed E-state index contributed by atoms with van der Waals surface area (Å²) < 4.78 is 0. The highest BCUT2D eigenvalue weighted by atomic mass is 32.1. The van der Waals surface area contributed by atoms with Crippen molar-refractivity contribution in [3.63, 3.8) is 0 Å². The molecule has 1 aromatic rings. The first kappa shape index (κ1) is 15.7. The molecule has 0 radical (unpaired) electrons. The Morgan fingerprint density at radius 1 is 1.11 bits per heavy atom. The summed E-state index contributed by atoms with van der Waals surface area (Å²) in [6, 6.07) is 4.94. The number of nitrogens with two attached hydrogens (primary N) is 1. The Bertz CT molecular complexity index is 309. The van der Waals surface area contributed by atoms with E-state index in [1.165, 1.54) is 48.3 Å². The minimum absolute atomic E-state index is 0.440. The number of thiophene rings is 1. The fraction of sp³-hybridized carbons (Fsp3) is 0.733. The molecule has 104 valence electrons. The van der Waals surface area contributed by atoms with Crippen LogP contribution in [0.2, 0.25) is 0 Å². The Morgan fingerprint density at radius 3 is 2.44 bits per heavy atom. The van der Waals surface area contributed by atoms with E-state index >= 15 is 0 Å². The number of unbranched alkanes of at least 4 members (excludes halogenated alkanes) is 4. The maximum absolute atomic E-state index is 5.66. The lowest BCUT2D eigenvalue weighted by Gasteiger charge is -2.14. The molecule has 1 atom stereocenters. The summed E-state index contributed by atoms with van der Waals surface area (Å²) in [4.78, 5) is 2.94. The molecule has 18 heavy (non-hydrogen) atoms. The van der Waals surface area contributed by atoms with Crippen LogP contribution in [0.15, 0.2) is 12.1 Å². The molecule has 1 rings (SSSR count). The van der Waals surface area contributed by atoms with E-state index in [1.807, 2.05) is 11.3 Å². The van der Waals surface area contributed by atoms with E-state index in [2.05, 4.69) is 31.4 Å². The third-order valence-corrected chi connectivity index (χ3v) is 4.66. The van der Waals surface area contributed by atoms with Gasteiger partial charge in [-0.25, -0.2) is 0 Å². The zero-order valence-electron chi connectivity index (χ0n) is 11.9. The molecule has 0 saturated carbocycles. The van der Waals surface area contributed by atoms with Crippen LogP contribution in [0.4, 0.5) is 0 Å². The van der Waals surface area contributed by atoms with Gasteiger partial charge < -0.3 is 0 Å². The van der Waals surface area contributed by atoms with E-state index in [4.69, 9.17) is 5.84 Å². The van der Waals surface area contributed by atoms with Crippen molar-refractivity contribution in [2.45, 2.75) is 71.3 Å². The average molecular weight is 268 g/mol. The van der Waals surface area contributed by atoms with Gasteiger partial charge in [-0.3, -0.25) is 11.3 Å². The number of hydrazine groups is 1. The van der Waals surface area contributed by atoms with Crippen molar-refractivity contribution in [2.75, 3.05) is 0 Å². The van der Waals surface area contributed by atoms with Gasteiger partial charge in [0.1, 0.15) is 0 Å². The quantitative estimate of drug-likeness (QED) is 0.382. The molecular formula is C15H28N2S. The van der Waals surface area contributed by atoms with Gasteiger partial charge >= 0.3 is 0 Å². The Morgan fingerprint density at radius 2 is 1.83 bits per heavy atom. The topological polar surface area (TPSA) is 38.0 Å². The molecule has 0 aliphatic heterocycles. The number of hydrogen-bond donors (Lipinski definition) is 2. The smallest absolute Gasteiger partial charge is 0.0258 e. The highest BCUT2D eigenvalue weighted by molar-refractivity contribution is 7.11. The van der Waals surface area contributed by atoms with Crippen LogP contribution >= 0.6 is 11.3 Å². The van der Waals surface area contributed by atoms with E-state index in [1.54, 1.807) is 0 Å². The first-order chi connectivity index (χ1) is 8.80. The second kappa shape index (κ2) is 9.54. The SMILES string of the molecule is CCCCCCCC(Cc1ccc(CC)s1)NN. The number of hydrogen-bond acceptors (Lipinski definition) is 3. The van der Waals surface area contributed by atoms with Crippen LogP contribution in [-0.4, -0.2) is 6.04 Å². The van der Waals surface area contributed by atoms with Gasteiger partial charge in [0.05, 0.1) is 0 Å². The molecule has 2 nitrogen and oxygen atoms in total. The van der Waals surface area contributed by atoms with Crippen molar-refractivity contribution in [2.24, 2.45) is 5.84 Å². The third kappa shape index (κ3) is 5.98. The maximum atomic E-state index is 5.66. The van der Waals surface area contributed by atoms with E-state index in [0.717, 1.165) is 12.8 Å². The second-order valence-electron chi connectivity index (χ2n) is 4.99. The molecule has 0 amide bonds. The molecule has 0 saturated heterocycles. The van der Waals surface area contributed by atoms with Gasteiger partial charge in [-0.2, -0.15) is 0 Å². The zero-order chi connectivity index (χ0) is 13.2. The molecule has 3 heteroatoms. The summed E-state index contributed by atoms with van der Waals surface area (Å²) in [6.45, 7) is 4.47. The molecule has 1 aromatic heterocycles. The fourth-order valence-electron chi connectivity index (χ4n) is 2.20. The number of rotatable bonds is 10. The van der Waals surface area contributed by atoms with Crippen LogP contribution in [0.3, 0.4) is 0 Å². The maximum Gasteiger partial charge on any atom is 0.0258 e. The molecule has 0 bridgehead atoms. The van der Waals surface area contributed by atoms with Crippen LogP contribution in [0.25, 0.3) is 0 Å². The zero-order valence-corrected chi connectivity index (χ0v) is 12.7. The summed E-state index contributed by atoms with van der Waals surface area (Å²) in [5.41, 5.74) is 2.98. The van der Waals surface area contributed by atoms with Crippen LogP contribution in [-0.2, 0) is 12.8 Å². The average Bonchev–Trinajstić information content (AvgIpc) is 2.84. The van der Waals surface area contributed by atoms with Crippen molar-refractivity contribution in [3.05, 3.63) is 21.9 Å². The number of aryl methyl sites for hydroxylation is 1. The van der Waals surface area contributed by atoms with Crippen LogP contribution < -0.4 is 11.3 Å². The van der Waals surface area contributed by atoms with Crippen molar-refractivity contribution in [1.82, 2.24) is 5.43 Å². The number of nitrogens with one attached hydrogen (secondary N) is 1. The first-order valence-electron chi connectivity index (χ1n) is 7.33. The molecule has 1 heterocycles. The monoisotopic (exact) mass is 268 g/mol. The van der Waals surface area contributed by atoms with Gasteiger partial charge in [-0.1, -0.05) is 46.0 Å². The van der Waals surface area contributed by atoms with Crippen LogP contribution in [0.1, 0.15) is 62.1 Å². The molecule has 1 unspecified atom stereocenters. The predicted octanol–water partition coefficient (Wildman–Crippen LogP) is 4.05. The summed E-state index contributed by atoms with van der Waals surface area (Å²) in [5, 5.41) is 0. The van der Waals surface area contributed by atoms with Gasteiger partial charge in [0, 0.05) is 15.8 Å². The van der Waals surface area contributed by atoms with E-state index < -0.39 is 0 Å². The largest absolute Gasteiger partial charge is 0.271 e. The third-order valence-electron chi connectivity index (χ3n) is 3.41. The molecule has 0 aromatic carbocycles.